The van der Waals surface area contributed by atoms with E-state index in [0.717, 1.165) is 28.3 Å². The molecule has 0 aliphatic carbocycles. The molecule has 4 heteroatoms. The molecule has 2 aromatic carbocycles. The Morgan fingerprint density at radius 1 is 1.12 bits per heavy atom. The van der Waals surface area contributed by atoms with Crippen molar-refractivity contribution in [2.24, 2.45) is 0 Å². The van der Waals surface area contributed by atoms with E-state index in [1.807, 2.05) is 37.3 Å². The van der Waals surface area contributed by atoms with Crippen LogP contribution in [0.5, 0.6) is 0 Å². The third kappa shape index (κ3) is 3.41. The molecule has 0 N–H and O–H groups in total. The number of nitrogens with zero attached hydrogens (tertiary/aromatic N) is 2. The summed E-state index contributed by atoms with van der Waals surface area (Å²) >= 11 is 6.44. The van der Waals surface area contributed by atoms with Crippen LogP contribution in [-0.2, 0) is 11.8 Å². The van der Waals surface area contributed by atoms with E-state index < -0.39 is 0 Å². The Morgan fingerprint density at radius 3 is 2.58 bits per heavy atom. The highest BCUT2D eigenvalue weighted by Gasteiger charge is 2.17. The molecule has 0 radical (unpaired) electrons. The zero-order valence-electron chi connectivity index (χ0n) is 14.6. The zero-order chi connectivity index (χ0) is 17.3. The van der Waals surface area contributed by atoms with E-state index in [1.165, 1.54) is 11.1 Å². The van der Waals surface area contributed by atoms with Crippen LogP contribution in [0.25, 0.3) is 11.0 Å². The van der Waals surface area contributed by atoms with Crippen molar-refractivity contribution in [3.63, 3.8) is 0 Å². The first-order chi connectivity index (χ1) is 11.4. The lowest BCUT2D eigenvalue weighted by atomic mass is 9.86. The van der Waals surface area contributed by atoms with Crippen LogP contribution in [-0.4, -0.2) is 16.3 Å². The molecule has 1 aromatic heterocycles. The smallest absolute Gasteiger partial charge is 0.143 e. The highest BCUT2D eigenvalue weighted by Crippen LogP contribution is 2.30. The summed E-state index contributed by atoms with van der Waals surface area (Å²) in [5, 5.41) is 0.823. The first-order valence-electron chi connectivity index (χ1n) is 8.22. The molecule has 1 heterocycles. The van der Waals surface area contributed by atoms with E-state index in [-0.39, 0.29) is 5.41 Å². The molecule has 3 rings (SSSR count). The number of rotatable bonds is 4. The third-order valence-electron chi connectivity index (χ3n) is 4.13. The van der Waals surface area contributed by atoms with Crippen LogP contribution >= 0.6 is 11.6 Å². The maximum absolute atomic E-state index is 6.44. The monoisotopic (exact) mass is 342 g/mol. The third-order valence-corrected chi connectivity index (χ3v) is 4.44. The molecule has 0 fully saturated rings. The highest BCUT2D eigenvalue weighted by atomic mass is 35.5. The Bertz CT molecular complexity index is 862. The number of aromatic nitrogens is 2. The van der Waals surface area contributed by atoms with Gasteiger partial charge in [0.15, 0.2) is 0 Å². The predicted molar refractivity (Wildman–Crippen MR) is 99.8 cm³/mol. The van der Waals surface area contributed by atoms with Crippen molar-refractivity contribution in [3.05, 3.63) is 64.4 Å². The second-order valence-corrected chi connectivity index (χ2v) is 7.50. The summed E-state index contributed by atoms with van der Waals surface area (Å²) in [6, 6.07) is 14.3. The fraction of sp³-hybridized carbons (Fsp3) is 0.350. The summed E-state index contributed by atoms with van der Waals surface area (Å²) in [7, 11) is 0. The Hall–Kier alpha value is -2.00. The van der Waals surface area contributed by atoms with Crippen LogP contribution in [0.1, 0.15) is 37.7 Å². The summed E-state index contributed by atoms with van der Waals surface area (Å²) in [6.45, 7) is 9.04. The van der Waals surface area contributed by atoms with Gasteiger partial charge >= 0.3 is 0 Å². The van der Waals surface area contributed by atoms with E-state index in [9.17, 15) is 0 Å². The minimum atomic E-state index is 0.0545. The van der Waals surface area contributed by atoms with Gasteiger partial charge in [0.2, 0.25) is 0 Å². The Balaban J connectivity index is 1.70. The van der Waals surface area contributed by atoms with Gasteiger partial charge in [-0.05, 0) is 41.7 Å². The van der Waals surface area contributed by atoms with Gasteiger partial charge in [0.25, 0.3) is 0 Å². The number of imidazole rings is 1. The Morgan fingerprint density at radius 2 is 1.88 bits per heavy atom. The quantitative estimate of drug-likeness (QED) is 0.669. The van der Waals surface area contributed by atoms with Crippen molar-refractivity contribution in [1.82, 2.24) is 9.71 Å². The number of aryl methyl sites for hydroxylation is 1. The molecule has 0 amide bonds. The van der Waals surface area contributed by atoms with Gasteiger partial charge in [-0.25, -0.2) is 4.98 Å². The fourth-order valence-corrected chi connectivity index (χ4v) is 3.35. The second-order valence-electron chi connectivity index (χ2n) is 7.09. The first kappa shape index (κ1) is 16.8. The molecular weight excluding hydrogens is 320 g/mol. The minimum Gasteiger partial charge on any atom is -0.412 e. The van der Waals surface area contributed by atoms with Crippen LogP contribution in [0.4, 0.5) is 0 Å². The van der Waals surface area contributed by atoms with Gasteiger partial charge in [0.1, 0.15) is 17.9 Å². The summed E-state index contributed by atoms with van der Waals surface area (Å²) in [5.41, 5.74) is 4.35. The lowest BCUT2D eigenvalue weighted by Gasteiger charge is -2.21. The molecule has 0 saturated carbocycles. The molecule has 0 atom stereocenters. The highest BCUT2D eigenvalue weighted by molar-refractivity contribution is 6.31. The largest absolute Gasteiger partial charge is 0.412 e. The molecule has 0 aliphatic heterocycles. The topological polar surface area (TPSA) is 27.1 Å². The lowest BCUT2D eigenvalue weighted by molar-refractivity contribution is 0.117. The average Bonchev–Trinajstić information content (AvgIpc) is 2.82. The number of halogens is 1. The lowest BCUT2D eigenvalue weighted by Crippen LogP contribution is -2.16. The van der Waals surface area contributed by atoms with Crippen molar-refractivity contribution >= 4 is 22.6 Å². The van der Waals surface area contributed by atoms with Crippen molar-refractivity contribution in [3.8, 4) is 0 Å². The number of benzene rings is 2. The number of hydrogen-bond donors (Lipinski definition) is 0. The van der Waals surface area contributed by atoms with Crippen LogP contribution in [0, 0.1) is 6.92 Å². The van der Waals surface area contributed by atoms with Gasteiger partial charge in [-0.3, -0.25) is 0 Å². The summed E-state index contributed by atoms with van der Waals surface area (Å²) in [5.74, 6) is 0.859. The van der Waals surface area contributed by atoms with Crippen molar-refractivity contribution in [2.45, 2.75) is 39.5 Å². The van der Waals surface area contributed by atoms with Gasteiger partial charge in [0, 0.05) is 11.4 Å². The van der Waals surface area contributed by atoms with Crippen molar-refractivity contribution < 1.29 is 4.84 Å². The molecule has 3 aromatic rings. The van der Waals surface area contributed by atoms with Crippen LogP contribution < -0.4 is 4.84 Å². The van der Waals surface area contributed by atoms with E-state index in [1.54, 1.807) is 4.73 Å². The molecule has 126 valence electrons. The van der Waals surface area contributed by atoms with Gasteiger partial charge in [-0.1, -0.05) is 56.6 Å². The molecule has 24 heavy (non-hydrogen) atoms. The molecule has 3 nitrogen and oxygen atoms in total. The zero-order valence-corrected chi connectivity index (χ0v) is 15.4. The maximum atomic E-state index is 6.44. The summed E-state index contributed by atoms with van der Waals surface area (Å²) in [6.07, 6.45) is 0.802. The van der Waals surface area contributed by atoms with E-state index >= 15 is 0 Å². The molecule has 0 aliphatic rings. The van der Waals surface area contributed by atoms with Gasteiger partial charge < -0.3 is 4.84 Å². The summed E-state index contributed by atoms with van der Waals surface area (Å²) < 4.78 is 1.81. The van der Waals surface area contributed by atoms with Crippen molar-refractivity contribution in [2.75, 3.05) is 6.61 Å². The van der Waals surface area contributed by atoms with Crippen LogP contribution in [0.3, 0.4) is 0 Å². The maximum Gasteiger partial charge on any atom is 0.143 e. The first-order valence-corrected chi connectivity index (χ1v) is 8.60. The molecule has 0 bridgehead atoms. The number of hydrogen-bond acceptors (Lipinski definition) is 2. The SMILES string of the molecule is Cc1nc2ccccc2n1OCCc1ccc(C(C)(C)C)c(Cl)c1. The van der Waals surface area contributed by atoms with E-state index in [2.05, 4.69) is 37.9 Å². The summed E-state index contributed by atoms with van der Waals surface area (Å²) in [4.78, 5) is 10.5. The van der Waals surface area contributed by atoms with Crippen molar-refractivity contribution in [1.29, 1.82) is 0 Å². The number of para-hydroxylation sites is 2. The standard InChI is InChI=1S/C20H23ClN2O/c1-14-22-18-7-5-6-8-19(18)23(14)24-12-11-15-9-10-16(17(21)13-15)20(2,3)4/h5-10,13H,11-12H2,1-4H3. The van der Waals surface area contributed by atoms with Crippen LogP contribution in [0.15, 0.2) is 42.5 Å². The van der Waals surface area contributed by atoms with Gasteiger partial charge in [-0.2, -0.15) is 4.73 Å². The van der Waals surface area contributed by atoms with E-state index in [0.29, 0.717) is 6.61 Å². The molecule has 0 spiro atoms. The Labute approximate surface area is 148 Å². The van der Waals surface area contributed by atoms with Crippen LogP contribution in [0.2, 0.25) is 5.02 Å². The Kier molecular flexibility index (Phi) is 4.55. The average molecular weight is 343 g/mol. The second kappa shape index (κ2) is 6.48. The molecular formula is C20H23ClN2O. The van der Waals surface area contributed by atoms with Gasteiger partial charge in [0.05, 0.1) is 5.52 Å². The minimum absolute atomic E-state index is 0.0545. The normalized spacial score (nSPS) is 11.9. The van der Waals surface area contributed by atoms with Gasteiger partial charge in [-0.15, -0.1) is 0 Å². The van der Waals surface area contributed by atoms with E-state index in [4.69, 9.17) is 16.4 Å². The molecule has 0 unspecified atom stereocenters. The molecule has 0 saturated heterocycles. The number of fused-ring (bicyclic) bond motifs is 1. The predicted octanol–water partition coefficient (Wildman–Crippen LogP) is 4.97. The fourth-order valence-electron chi connectivity index (χ4n) is 2.86.